The summed E-state index contributed by atoms with van der Waals surface area (Å²) in [5.41, 5.74) is 2.06. The van der Waals surface area contributed by atoms with Crippen molar-refractivity contribution in [2.24, 2.45) is 0 Å². The molecule has 3 aromatic rings. The molecule has 0 bridgehead atoms. The maximum absolute atomic E-state index is 12.7. The number of nitrogens with zero attached hydrogens (tertiary/aromatic N) is 6. The summed E-state index contributed by atoms with van der Waals surface area (Å²) in [6.07, 6.45) is 3.96. The molecular weight excluding hydrogens is 348 g/mol. The average molecular weight is 368 g/mol. The molecule has 0 N–H and O–H groups in total. The lowest BCUT2D eigenvalue weighted by atomic mass is 10.2. The van der Waals surface area contributed by atoms with Gasteiger partial charge in [0.25, 0.3) is 11.8 Å². The fourth-order valence-corrected chi connectivity index (χ4v) is 2.94. The highest BCUT2D eigenvalue weighted by Crippen LogP contribution is 2.19. The Kier molecular flexibility index (Phi) is 4.68. The van der Waals surface area contributed by atoms with Crippen molar-refractivity contribution in [1.82, 2.24) is 29.8 Å². The Balaban J connectivity index is 1.57. The second-order valence-electron chi connectivity index (χ2n) is 6.23. The molecule has 1 saturated heterocycles. The second-order valence-corrected chi connectivity index (χ2v) is 6.23. The van der Waals surface area contributed by atoms with Gasteiger partial charge in [-0.15, -0.1) is 0 Å². The fraction of sp³-hybridized carbons (Fsp3) is 0.389. The molecule has 0 aromatic carbocycles. The Morgan fingerprint density at radius 2 is 2.04 bits per heavy atom. The van der Waals surface area contributed by atoms with Gasteiger partial charge in [-0.1, -0.05) is 12.1 Å². The van der Waals surface area contributed by atoms with Gasteiger partial charge in [0.1, 0.15) is 0 Å². The summed E-state index contributed by atoms with van der Waals surface area (Å²) in [5.74, 6) is 1.68. The van der Waals surface area contributed by atoms with Gasteiger partial charge in [-0.2, -0.15) is 10.1 Å². The minimum Gasteiger partial charge on any atom is -0.378 e. The second kappa shape index (κ2) is 7.28. The lowest BCUT2D eigenvalue weighted by Crippen LogP contribution is -2.40. The predicted molar refractivity (Wildman–Crippen MR) is 95.5 cm³/mol. The number of aryl methyl sites for hydroxylation is 1. The number of hydrogen-bond acceptors (Lipinski definition) is 7. The SMILES string of the molecule is CCc1noc(-c2ccc(-n3ncc(C(=O)N4CCOCC4)c3C)nc2)n1. The van der Waals surface area contributed by atoms with Gasteiger partial charge in [-0.3, -0.25) is 4.79 Å². The molecule has 27 heavy (non-hydrogen) atoms. The first-order valence-electron chi connectivity index (χ1n) is 8.88. The highest BCUT2D eigenvalue weighted by Gasteiger charge is 2.23. The first kappa shape index (κ1) is 17.3. The third-order valence-electron chi connectivity index (χ3n) is 4.53. The summed E-state index contributed by atoms with van der Waals surface area (Å²) < 4.78 is 12.2. The molecule has 0 saturated carbocycles. The number of ether oxygens (including phenoxy) is 1. The fourth-order valence-electron chi connectivity index (χ4n) is 2.94. The molecule has 4 rings (SSSR count). The van der Waals surface area contributed by atoms with Crippen LogP contribution in [0.4, 0.5) is 0 Å². The molecule has 1 amide bonds. The smallest absolute Gasteiger partial charge is 0.259 e. The molecule has 140 valence electrons. The quantitative estimate of drug-likeness (QED) is 0.690. The number of rotatable bonds is 4. The van der Waals surface area contributed by atoms with E-state index in [4.69, 9.17) is 9.26 Å². The number of morpholine rings is 1. The van der Waals surface area contributed by atoms with Crippen LogP contribution in [-0.2, 0) is 11.2 Å². The number of aromatic nitrogens is 5. The summed E-state index contributed by atoms with van der Waals surface area (Å²) in [6, 6.07) is 3.66. The third kappa shape index (κ3) is 3.33. The molecular formula is C18H20N6O3. The van der Waals surface area contributed by atoms with Crippen molar-refractivity contribution in [2.75, 3.05) is 26.3 Å². The maximum atomic E-state index is 12.7. The monoisotopic (exact) mass is 368 g/mol. The summed E-state index contributed by atoms with van der Waals surface area (Å²) in [7, 11) is 0. The highest BCUT2D eigenvalue weighted by molar-refractivity contribution is 5.95. The molecule has 0 spiro atoms. The Morgan fingerprint density at radius 3 is 2.70 bits per heavy atom. The Bertz CT molecular complexity index is 940. The largest absolute Gasteiger partial charge is 0.378 e. The van der Waals surface area contributed by atoms with E-state index in [1.165, 1.54) is 0 Å². The van der Waals surface area contributed by atoms with Crippen molar-refractivity contribution in [3.05, 3.63) is 41.6 Å². The standard InChI is InChI=1S/C18H20N6O3/c1-3-15-21-17(27-22-15)13-4-5-16(19-10-13)24-12(2)14(11-20-24)18(25)23-6-8-26-9-7-23/h4-5,10-11H,3,6-9H2,1-2H3. The molecule has 0 atom stereocenters. The molecule has 9 nitrogen and oxygen atoms in total. The zero-order valence-electron chi connectivity index (χ0n) is 15.3. The molecule has 3 aromatic heterocycles. The maximum Gasteiger partial charge on any atom is 0.259 e. The van der Waals surface area contributed by atoms with Crippen molar-refractivity contribution < 1.29 is 14.1 Å². The van der Waals surface area contributed by atoms with Crippen LogP contribution in [0.15, 0.2) is 29.0 Å². The van der Waals surface area contributed by atoms with Gasteiger partial charge in [0.15, 0.2) is 11.6 Å². The van der Waals surface area contributed by atoms with Crippen molar-refractivity contribution in [3.8, 4) is 17.3 Å². The van der Waals surface area contributed by atoms with Crippen LogP contribution in [0.1, 0.15) is 28.8 Å². The van der Waals surface area contributed by atoms with Crippen LogP contribution in [0.5, 0.6) is 0 Å². The van der Waals surface area contributed by atoms with Crippen LogP contribution in [0.3, 0.4) is 0 Å². The summed E-state index contributed by atoms with van der Waals surface area (Å²) in [6.45, 7) is 6.16. The van der Waals surface area contributed by atoms with Crippen molar-refractivity contribution >= 4 is 5.91 Å². The normalized spacial score (nSPS) is 14.5. The minimum absolute atomic E-state index is 0.0309. The first-order chi connectivity index (χ1) is 13.2. The van der Waals surface area contributed by atoms with E-state index in [0.29, 0.717) is 55.8 Å². The molecule has 4 heterocycles. The number of hydrogen-bond donors (Lipinski definition) is 0. The topological polar surface area (TPSA) is 99.2 Å². The molecule has 1 fully saturated rings. The van der Waals surface area contributed by atoms with Gasteiger partial charge in [-0.05, 0) is 19.1 Å². The van der Waals surface area contributed by atoms with E-state index in [0.717, 1.165) is 11.3 Å². The van der Waals surface area contributed by atoms with Gasteiger partial charge in [-0.25, -0.2) is 9.67 Å². The lowest BCUT2D eigenvalue weighted by molar-refractivity contribution is 0.0302. The van der Waals surface area contributed by atoms with E-state index in [1.54, 1.807) is 22.0 Å². The molecule has 0 radical (unpaired) electrons. The van der Waals surface area contributed by atoms with E-state index >= 15 is 0 Å². The Hall–Kier alpha value is -3.07. The Morgan fingerprint density at radius 1 is 1.22 bits per heavy atom. The summed E-state index contributed by atoms with van der Waals surface area (Å²) >= 11 is 0. The van der Waals surface area contributed by atoms with Gasteiger partial charge in [0.05, 0.1) is 36.2 Å². The number of amides is 1. The third-order valence-corrected chi connectivity index (χ3v) is 4.53. The zero-order valence-corrected chi connectivity index (χ0v) is 15.3. The summed E-state index contributed by atoms with van der Waals surface area (Å²) in [4.78, 5) is 23.2. The Labute approximate surface area is 156 Å². The highest BCUT2D eigenvalue weighted by atomic mass is 16.5. The number of pyridine rings is 1. The van der Waals surface area contributed by atoms with E-state index < -0.39 is 0 Å². The molecule has 0 aliphatic carbocycles. The number of carbonyl (C=O) groups excluding carboxylic acids is 1. The van der Waals surface area contributed by atoms with Gasteiger partial charge in [0.2, 0.25) is 0 Å². The first-order valence-corrected chi connectivity index (χ1v) is 8.88. The van der Waals surface area contributed by atoms with Crippen LogP contribution < -0.4 is 0 Å². The zero-order chi connectivity index (χ0) is 18.8. The van der Waals surface area contributed by atoms with Crippen LogP contribution >= 0.6 is 0 Å². The molecule has 1 aliphatic rings. The van der Waals surface area contributed by atoms with Crippen molar-refractivity contribution in [1.29, 1.82) is 0 Å². The van der Waals surface area contributed by atoms with E-state index in [1.807, 2.05) is 26.0 Å². The van der Waals surface area contributed by atoms with Crippen LogP contribution in [-0.4, -0.2) is 62.0 Å². The molecule has 9 heteroatoms. The van der Waals surface area contributed by atoms with Crippen molar-refractivity contribution in [3.63, 3.8) is 0 Å². The van der Waals surface area contributed by atoms with E-state index in [2.05, 4.69) is 20.2 Å². The molecule has 1 aliphatic heterocycles. The summed E-state index contributed by atoms with van der Waals surface area (Å²) in [5, 5.41) is 8.24. The minimum atomic E-state index is -0.0309. The average Bonchev–Trinajstić information content (AvgIpc) is 3.35. The van der Waals surface area contributed by atoms with Crippen LogP contribution in [0.25, 0.3) is 17.3 Å². The van der Waals surface area contributed by atoms with Crippen LogP contribution in [0, 0.1) is 6.92 Å². The van der Waals surface area contributed by atoms with Crippen molar-refractivity contribution in [2.45, 2.75) is 20.3 Å². The van der Waals surface area contributed by atoms with Gasteiger partial charge in [0, 0.05) is 25.7 Å². The van der Waals surface area contributed by atoms with E-state index in [9.17, 15) is 4.79 Å². The lowest BCUT2D eigenvalue weighted by Gasteiger charge is -2.26. The number of carbonyl (C=O) groups is 1. The van der Waals surface area contributed by atoms with E-state index in [-0.39, 0.29) is 5.91 Å². The molecule has 0 unspecified atom stereocenters. The van der Waals surface area contributed by atoms with Crippen LogP contribution in [0.2, 0.25) is 0 Å². The van der Waals surface area contributed by atoms with Gasteiger partial charge < -0.3 is 14.2 Å². The predicted octanol–water partition coefficient (Wildman–Crippen LogP) is 1.66. The van der Waals surface area contributed by atoms with Gasteiger partial charge >= 0.3 is 0 Å².